The Morgan fingerprint density at radius 1 is 0.622 bits per heavy atom. The van der Waals surface area contributed by atoms with E-state index in [-0.39, 0.29) is 12.6 Å². The van der Waals surface area contributed by atoms with Crippen LogP contribution in [0.2, 0.25) is 0 Å². The predicted molar refractivity (Wildman–Crippen MR) is 147 cm³/mol. The lowest BCUT2D eigenvalue weighted by Crippen LogP contribution is -2.59. The molecule has 1 fully saturated rings. The second kappa shape index (κ2) is 23.2. The van der Waals surface area contributed by atoms with E-state index in [0.717, 1.165) is 32.1 Å². The van der Waals surface area contributed by atoms with E-state index in [1.54, 1.807) is 0 Å². The van der Waals surface area contributed by atoms with Crippen molar-refractivity contribution in [1.82, 2.24) is 0 Å². The van der Waals surface area contributed by atoms with Crippen molar-refractivity contribution in [3.8, 4) is 0 Å². The molecule has 0 spiro atoms. The molecule has 37 heavy (non-hydrogen) atoms. The molecule has 3 N–H and O–H groups in total. The number of hydrogen-bond acceptors (Lipinski definition) is 7. The second-order valence-corrected chi connectivity index (χ2v) is 10.8. The highest BCUT2D eigenvalue weighted by Gasteiger charge is 2.44. The predicted octanol–water partition coefficient (Wildman–Crippen LogP) is 6.20. The van der Waals surface area contributed by atoms with E-state index in [2.05, 4.69) is 6.92 Å². The van der Waals surface area contributed by atoms with E-state index in [9.17, 15) is 20.1 Å². The largest absolute Gasteiger partial charge is 0.463 e. The van der Waals surface area contributed by atoms with E-state index in [0.29, 0.717) is 13.0 Å². The summed E-state index contributed by atoms with van der Waals surface area (Å²) in [6, 6.07) is 0. The summed E-state index contributed by atoms with van der Waals surface area (Å²) in [6.45, 7) is 4.50. The number of rotatable bonds is 24. The molecule has 220 valence electrons. The van der Waals surface area contributed by atoms with Gasteiger partial charge >= 0.3 is 5.97 Å². The zero-order valence-corrected chi connectivity index (χ0v) is 23.9. The van der Waals surface area contributed by atoms with E-state index < -0.39 is 30.7 Å². The Kier molecular flexibility index (Phi) is 21.5. The van der Waals surface area contributed by atoms with Gasteiger partial charge in [-0.05, 0) is 12.8 Å². The Balaban J connectivity index is 1.96. The van der Waals surface area contributed by atoms with Gasteiger partial charge in [0, 0.05) is 13.0 Å². The average molecular weight is 531 g/mol. The van der Waals surface area contributed by atoms with E-state index in [1.165, 1.54) is 89.9 Å². The molecule has 7 heteroatoms. The first-order chi connectivity index (χ1) is 18.0. The highest BCUT2D eigenvalue weighted by atomic mass is 16.7. The fourth-order valence-corrected chi connectivity index (χ4v) is 4.78. The van der Waals surface area contributed by atoms with Crippen LogP contribution in [0.15, 0.2) is 0 Å². The number of hydrogen-bond donors (Lipinski definition) is 3. The summed E-state index contributed by atoms with van der Waals surface area (Å²) >= 11 is 0. The Labute approximate surface area is 226 Å². The van der Waals surface area contributed by atoms with Gasteiger partial charge in [0.2, 0.25) is 0 Å². The minimum atomic E-state index is -1.41. The van der Waals surface area contributed by atoms with Crippen molar-refractivity contribution in [2.45, 2.75) is 173 Å². The highest BCUT2D eigenvalue weighted by molar-refractivity contribution is 5.69. The van der Waals surface area contributed by atoms with Crippen LogP contribution >= 0.6 is 0 Å². The smallest absolute Gasteiger partial charge is 0.305 e. The SMILES string of the molecule is CCCCCCCCCCCCCCCCCCCC(=O)OC[C@H]1OC(OCCCC)[C@H](O)[C@@H](O)[C@@H]1O. The topological polar surface area (TPSA) is 105 Å². The first-order valence-electron chi connectivity index (χ1n) is 15.5. The van der Waals surface area contributed by atoms with Crippen molar-refractivity contribution < 1.29 is 34.3 Å². The van der Waals surface area contributed by atoms with Crippen LogP contribution < -0.4 is 0 Å². The second-order valence-electron chi connectivity index (χ2n) is 10.8. The number of unbranched alkanes of at least 4 members (excludes halogenated alkanes) is 17. The van der Waals surface area contributed by atoms with Gasteiger partial charge in [-0.2, -0.15) is 0 Å². The van der Waals surface area contributed by atoms with Crippen molar-refractivity contribution in [3.63, 3.8) is 0 Å². The van der Waals surface area contributed by atoms with Gasteiger partial charge in [-0.25, -0.2) is 0 Å². The van der Waals surface area contributed by atoms with Gasteiger partial charge in [0.05, 0.1) is 0 Å². The summed E-state index contributed by atoms with van der Waals surface area (Å²) in [6.07, 6.45) is 18.0. The highest BCUT2D eigenvalue weighted by Crippen LogP contribution is 2.23. The van der Waals surface area contributed by atoms with E-state index in [1.807, 2.05) is 6.92 Å². The van der Waals surface area contributed by atoms with Gasteiger partial charge in [0.15, 0.2) is 6.29 Å². The summed E-state index contributed by atoms with van der Waals surface area (Å²) in [5, 5.41) is 30.3. The number of carbonyl (C=O) groups is 1. The molecule has 0 aromatic carbocycles. The molecule has 0 aliphatic carbocycles. The van der Waals surface area contributed by atoms with Crippen LogP contribution in [0.1, 0.15) is 142 Å². The Bertz CT molecular complexity index is 530. The molecule has 0 aromatic rings. The molecule has 0 radical (unpaired) electrons. The van der Waals surface area contributed by atoms with Crippen LogP contribution in [0.3, 0.4) is 0 Å². The third kappa shape index (κ3) is 16.8. The zero-order chi connectivity index (χ0) is 27.1. The average Bonchev–Trinajstić information content (AvgIpc) is 2.89. The van der Waals surface area contributed by atoms with Gasteiger partial charge in [-0.1, -0.05) is 123 Å². The molecular formula is C30H58O7. The van der Waals surface area contributed by atoms with Crippen LogP contribution in [0.5, 0.6) is 0 Å². The summed E-state index contributed by atoms with van der Waals surface area (Å²) < 4.78 is 16.3. The van der Waals surface area contributed by atoms with Crippen molar-refractivity contribution in [1.29, 1.82) is 0 Å². The van der Waals surface area contributed by atoms with Gasteiger partial charge in [-0.3, -0.25) is 4.79 Å². The third-order valence-corrected chi connectivity index (χ3v) is 7.34. The number of aliphatic hydroxyl groups is 3. The van der Waals surface area contributed by atoms with Crippen molar-refractivity contribution >= 4 is 5.97 Å². The monoisotopic (exact) mass is 530 g/mol. The number of carbonyl (C=O) groups excluding carboxylic acids is 1. The van der Waals surface area contributed by atoms with E-state index in [4.69, 9.17) is 14.2 Å². The van der Waals surface area contributed by atoms with E-state index >= 15 is 0 Å². The van der Waals surface area contributed by atoms with Crippen molar-refractivity contribution in [2.24, 2.45) is 0 Å². The minimum Gasteiger partial charge on any atom is -0.463 e. The lowest BCUT2D eigenvalue weighted by Gasteiger charge is -2.39. The zero-order valence-electron chi connectivity index (χ0n) is 23.9. The molecule has 5 atom stereocenters. The van der Waals surface area contributed by atoms with Gasteiger partial charge in [0.25, 0.3) is 0 Å². The fraction of sp³-hybridized carbons (Fsp3) is 0.967. The lowest BCUT2D eigenvalue weighted by atomic mass is 9.99. The maximum atomic E-state index is 12.1. The normalized spacial score (nSPS) is 23.9. The third-order valence-electron chi connectivity index (χ3n) is 7.34. The summed E-state index contributed by atoms with van der Waals surface area (Å²) in [5.41, 5.74) is 0. The van der Waals surface area contributed by atoms with Crippen LogP contribution in [-0.4, -0.2) is 65.2 Å². The molecule has 0 saturated carbocycles. The molecule has 1 heterocycles. The van der Waals surface area contributed by atoms with Crippen LogP contribution in [0, 0.1) is 0 Å². The first-order valence-corrected chi connectivity index (χ1v) is 15.5. The quantitative estimate of drug-likeness (QED) is 0.101. The molecule has 1 aliphatic heterocycles. The summed E-state index contributed by atoms with van der Waals surface area (Å²) in [4.78, 5) is 12.1. The summed E-state index contributed by atoms with van der Waals surface area (Å²) in [5.74, 6) is -0.333. The van der Waals surface area contributed by atoms with Gasteiger partial charge < -0.3 is 29.5 Å². The van der Waals surface area contributed by atoms with Gasteiger partial charge in [0.1, 0.15) is 31.0 Å². The molecule has 1 aliphatic rings. The maximum absolute atomic E-state index is 12.1. The standard InChI is InChI=1S/C30H58O7/c1-3-5-7-8-9-10-11-12-13-14-15-16-17-18-19-20-21-22-26(31)36-24-25-27(32)28(33)29(34)30(37-25)35-23-6-4-2/h25,27-30,32-34H,3-24H2,1-2H3/t25-,27-,28+,29-,30?/m1/s1. The lowest BCUT2D eigenvalue weighted by molar-refractivity contribution is -0.301. The number of ether oxygens (including phenoxy) is 3. The first kappa shape index (κ1) is 34.3. The molecule has 0 amide bonds. The molecule has 1 unspecified atom stereocenters. The Morgan fingerprint density at radius 3 is 1.57 bits per heavy atom. The molecule has 1 saturated heterocycles. The molecule has 0 bridgehead atoms. The van der Waals surface area contributed by atoms with Gasteiger partial charge in [-0.15, -0.1) is 0 Å². The van der Waals surface area contributed by atoms with Crippen molar-refractivity contribution in [2.75, 3.05) is 13.2 Å². The molecule has 0 aromatic heterocycles. The minimum absolute atomic E-state index is 0.170. The Morgan fingerprint density at radius 2 is 1.08 bits per heavy atom. The van der Waals surface area contributed by atoms with Crippen LogP contribution in [-0.2, 0) is 19.0 Å². The Hall–Kier alpha value is -0.730. The fourth-order valence-electron chi connectivity index (χ4n) is 4.78. The summed E-state index contributed by atoms with van der Waals surface area (Å²) in [7, 11) is 0. The number of esters is 1. The van der Waals surface area contributed by atoms with Crippen LogP contribution in [0.4, 0.5) is 0 Å². The molecule has 7 nitrogen and oxygen atoms in total. The number of aliphatic hydroxyl groups excluding tert-OH is 3. The maximum Gasteiger partial charge on any atom is 0.305 e. The van der Waals surface area contributed by atoms with Crippen LogP contribution in [0.25, 0.3) is 0 Å². The van der Waals surface area contributed by atoms with Crippen molar-refractivity contribution in [3.05, 3.63) is 0 Å². The molecule has 1 rings (SSSR count). The molecular weight excluding hydrogens is 472 g/mol.